The van der Waals surface area contributed by atoms with Crippen molar-refractivity contribution in [3.8, 4) is 22.7 Å². The second-order valence-corrected chi connectivity index (χ2v) is 6.20. The van der Waals surface area contributed by atoms with Crippen molar-refractivity contribution in [1.82, 2.24) is 14.8 Å². The van der Waals surface area contributed by atoms with Crippen LogP contribution in [0.4, 0.5) is 0 Å². The molecule has 0 aliphatic carbocycles. The number of ketones is 1. The fraction of sp³-hybridized carbons (Fsp3) is 0. The van der Waals surface area contributed by atoms with Crippen molar-refractivity contribution in [2.75, 3.05) is 0 Å². The highest BCUT2D eigenvalue weighted by atomic mass is 16.3. The smallest absolute Gasteiger partial charge is 0.185 e. The molecule has 0 amide bonds. The molecule has 0 radical (unpaired) electrons. The van der Waals surface area contributed by atoms with Crippen LogP contribution in [0.5, 0.6) is 5.75 Å². The fourth-order valence-electron chi connectivity index (χ4n) is 2.84. The van der Waals surface area contributed by atoms with Gasteiger partial charge in [-0.3, -0.25) is 9.78 Å². The summed E-state index contributed by atoms with van der Waals surface area (Å²) in [7, 11) is 0. The highest BCUT2D eigenvalue weighted by Crippen LogP contribution is 2.24. The molecule has 0 atom stereocenters. The summed E-state index contributed by atoms with van der Waals surface area (Å²) in [6.07, 6.45) is 8.61. The Morgan fingerprint density at radius 3 is 2.46 bits per heavy atom. The third kappa shape index (κ3) is 3.73. The number of aromatic hydroxyl groups is 1. The van der Waals surface area contributed by atoms with Crippen molar-refractivity contribution >= 4 is 11.9 Å². The monoisotopic (exact) mass is 367 g/mol. The molecule has 5 heteroatoms. The number of benzene rings is 2. The number of nitrogens with zero attached hydrogens (tertiary/aromatic N) is 3. The van der Waals surface area contributed by atoms with Crippen LogP contribution in [0.25, 0.3) is 23.0 Å². The number of carbonyl (C=O) groups excluding carboxylic acids is 1. The Kier molecular flexibility index (Phi) is 4.80. The minimum atomic E-state index is -0.149. The number of hydrogen-bond acceptors (Lipinski definition) is 4. The molecule has 0 saturated heterocycles. The molecule has 2 aromatic carbocycles. The average Bonchev–Trinajstić information content (AvgIpc) is 3.18. The van der Waals surface area contributed by atoms with Crippen LogP contribution >= 0.6 is 0 Å². The molecule has 2 heterocycles. The third-order valence-electron chi connectivity index (χ3n) is 4.26. The van der Waals surface area contributed by atoms with Gasteiger partial charge in [0, 0.05) is 35.3 Å². The van der Waals surface area contributed by atoms with Gasteiger partial charge < -0.3 is 5.11 Å². The van der Waals surface area contributed by atoms with E-state index in [1.54, 1.807) is 35.3 Å². The number of para-hydroxylation sites is 1. The summed E-state index contributed by atoms with van der Waals surface area (Å²) >= 11 is 0. The van der Waals surface area contributed by atoms with E-state index < -0.39 is 0 Å². The number of rotatable bonds is 5. The van der Waals surface area contributed by atoms with Gasteiger partial charge in [0.1, 0.15) is 11.4 Å². The highest BCUT2D eigenvalue weighted by molar-refractivity contribution is 6.07. The van der Waals surface area contributed by atoms with Crippen LogP contribution in [-0.4, -0.2) is 25.7 Å². The Morgan fingerprint density at radius 1 is 0.964 bits per heavy atom. The Morgan fingerprint density at radius 2 is 1.75 bits per heavy atom. The zero-order valence-corrected chi connectivity index (χ0v) is 14.9. The van der Waals surface area contributed by atoms with Crippen molar-refractivity contribution in [3.63, 3.8) is 0 Å². The SMILES string of the molecule is O=C(/C=C/c1cn(-c2ccccc2)nc1-c1cccnc1)c1ccc(O)cc1. The number of hydrogen-bond donors (Lipinski definition) is 1. The molecule has 0 saturated carbocycles. The maximum absolute atomic E-state index is 12.4. The first-order valence-corrected chi connectivity index (χ1v) is 8.77. The molecular weight excluding hydrogens is 350 g/mol. The summed E-state index contributed by atoms with van der Waals surface area (Å²) in [5.41, 5.74) is 3.86. The van der Waals surface area contributed by atoms with Crippen LogP contribution in [0.2, 0.25) is 0 Å². The number of pyridine rings is 1. The van der Waals surface area contributed by atoms with E-state index in [2.05, 4.69) is 4.98 Å². The van der Waals surface area contributed by atoms with Crippen molar-refractivity contribution < 1.29 is 9.90 Å². The summed E-state index contributed by atoms with van der Waals surface area (Å²) < 4.78 is 1.78. The number of aromatic nitrogens is 3. The topological polar surface area (TPSA) is 68.0 Å². The van der Waals surface area contributed by atoms with Gasteiger partial charge in [0.15, 0.2) is 5.78 Å². The Hall–Kier alpha value is -3.99. The van der Waals surface area contributed by atoms with Gasteiger partial charge in [-0.2, -0.15) is 5.10 Å². The molecule has 5 nitrogen and oxygen atoms in total. The molecule has 0 aliphatic heterocycles. The molecule has 0 spiro atoms. The third-order valence-corrected chi connectivity index (χ3v) is 4.26. The van der Waals surface area contributed by atoms with Crippen molar-refractivity contribution in [3.05, 3.63) is 103 Å². The minimum absolute atomic E-state index is 0.128. The van der Waals surface area contributed by atoms with Crippen molar-refractivity contribution in [1.29, 1.82) is 0 Å². The lowest BCUT2D eigenvalue weighted by Crippen LogP contribution is -1.94. The number of phenolic OH excluding ortho intramolecular Hbond substituents is 1. The summed E-state index contributed by atoms with van der Waals surface area (Å²) in [5.74, 6) is -0.0203. The summed E-state index contributed by atoms with van der Waals surface area (Å²) in [5, 5.41) is 14.1. The van der Waals surface area contributed by atoms with Crippen LogP contribution in [-0.2, 0) is 0 Å². The second-order valence-electron chi connectivity index (χ2n) is 6.20. The quantitative estimate of drug-likeness (QED) is 0.415. The van der Waals surface area contributed by atoms with Gasteiger partial charge in [-0.25, -0.2) is 4.68 Å². The maximum Gasteiger partial charge on any atom is 0.185 e. The van der Waals surface area contributed by atoms with E-state index in [0.717, 1.165) is 22.5 Å². The van der Waals surface area contributed by atoms with Crippen molar-refractivity contribution in [2.45, 2.75) is 0 Å². The normalized spacial score (nSPS) is 11.0. The van der Waals surface area contributed by atoms with Crippen LogP contribution in [0.15, 0.2) is 91.4 Å². The van der Waals surface area contributed by atoms with Crippen LogP contribution in [0.1, 0.15) is 15.9 Å². The van der Waals surface area contributed by atoms with Gasteiger partial charge in [-0.1, -0.05) is 18.2 Å². The zero-order valence-electron chi connectivity index (χ0n) is 14.9. The van der Waals surface area contributed by atoms with Gasteiger partial charge in [0.05, 0.1) is 5.69 Å². The summed E-state index contributed by atoms with van der Waals surface area (Å²) in [6, 6.07) is 19.8. The average molecular weight is 367 g/mol. The first-order valence-electron chi connectivity index (χ1n) is 8.77. The number of allylic oxidation sites excluding steroid dienone is 1. The van der Waals surface area contributed by atoms with E-state index in [9.17, 15) is 9.90 Å². The van der Waals surface area contributed by atoms with Crippen LogP contribution < -0.4 is 0 Å². The zero-order chi connectivity index (χ0) is 19.3. The van der Waals surface area contributed by atoms with Gasteiger partial charge in [-0.15, -0.1) is 0 Å². The lowest BCUT2D eigenvalue weighted by atomic mass is 10.1. The molecule has 0 unspecified atom stereocenters. The summed E-state index contributed by atoms with van der Waals surface area (Å²) in [6.45, 7) is 0. The van der Waals surface area contributed by atoms with Crippen LogP contribution in [0.3, 0.4) is 0 Å². The Labute approximate surface area is 162 Å². The van der Waals surface area contributed by atoms with E-state index >= 15 is 0 Å². The lowest BCUT2D eigenvalue weighted by Gasteiger charge is -2.00. The Bertz CT molecular complexity index is 1120. The fourth-order valence-corrected chi connectivity index (χ4v) is 2.84. The van der Waals surface area contributed by atoms with Crippen LogP contribution in [0, 0.1) is 0 Å². The highest BCUT2D eigenvalue weighted by Gasteiger charge is 2.11. The molecule has 0 aliphatic rings. The largest absolute Gasteiger partial charge is 0.508 e. The maximum atomic E-state index is 12.4. The first-order chi connectivity index (χ1) is 13.7. The van der Waals surface area contributed by atoms with E-state index in [0.29, 0.717) is 5.56 Å². The first kappa shape index (κ1) is 17.4. The van der Waals surface area contributed by atoms with E-state index in [-0.39, 0.29) is 11.5 Å². The molecular formula is C23H17N3O2. The Balaban J connectivity index is 1.71. The predicted octanol–water partition coefficient (Wildman–Crippen LogP) is 4.54. The lowest BCUT2D eigenvalue weighted by molar-refractivity contribution is 0.104. The van der Waals surface area contributed by atoms with Gasteiger partial charge in [-0.05, 0) is 60.7 Å². The predicted molar refractivity (Wildman–Crippen MR) is 108 cm³/mol. The van der Waals surface area contributed by atoms with E-state index in [1.165, 1.54) is 18.2 Å². The van der Waals surface area contributed by atoms with Gasteiger partial charge in [0.2, 0.25) is 0 Å². The molecule has 0 fully saturated rings. The molecule has 1 N–H and O–H groups in total. The van der Waals surface area contributed by atoms with E-state index in [1.807, 2.05) is 48.7 Å². The molecule has 0 bridgehead atoms. The molecule has 2 aromatic heterocycles. The minimum Gasteiger partial charge on any atom is -0.508 e. The van der Waals surface area contributed by atoms with Crippen molar-refractivity contribution in [2.24, 2.45) is 0 Å². The molecule has 28 heavy (non-hydrogen) atoms. The number of carbonyl (C=O) groups is 1. The molecule has 136 valence electrons. The second kappa shape index (κ2) is 7.72. The number of phenols is 1. The molecule has 4 aromatic rings. The summed E-state index contributed by atoms with van der Waals surface area (Å²) in [4.78, 5) is 16.6. The molecule has 4 rings (SSSR count). The van der Waals surface area contributed by atoms with Gasteiger partial charge >= 0.3 is 0 Å². The standard InChI is InChI=1S/C23H17N3O2/c27-21-11-8-17(9-12-21)22(28)13-10-19-16-26(20-6-2-1-3-7-20)25-23(19)18-5-4-14-24-15-18/h1-16,27H/b13-10+. The van der Waals surface area contributed by atoms with E-state index in [4.69, 9.17) is 5.10 Å². The van der Waals surface area contributed by atoms with Gasteiger partial charge in [0.25, 0.3) is 0 Å².